The molecule has 1 aromatic rings. The molecule has 2 rings (SSSR count). The van der Waals surface area contributed by atoms with Gasteiger partial charge in [-0.1, -0.05) is 18.2 Å². The van der Waals surface area contributed by atoms with Crippen molar-refractivity contribution >= 4 is 17.8 Å². The Morgan fingerprint density at radius 1 is 1.53 bits per heavy atom. The van der Waals surface area contributed by atoms with Gasteiger partial charge in [0.25, 0.3) is 0 Å². The van der Waals surface area contributed by atoms with Gasteiger partial charge >= 0.3 is 0 Å². The molecule has 1 heterocycles. The number of hydrogen-bond donors (Lipinski definition) is 0. The van der Waals surface area contributed by atoms with Crippen LogP contribution < -0.4 is 5.49 Å². The van der Waals surface area contributed by atoms with E-state index in [1.54, 1.807) is 13.1 Å². The summed E-state index contributed by atoms with van der Waals surface area (Å²) in [4.78, 5) is 4.18. The summed E-state index contributed by atoms with van der Waals surface area (Å²) in [6.45, 7) is 3.65. The van der Waals surface area contributed by atoms with E-state index in [9.17, 15) is 8.78 Å². The van der Waals surface area contributed by atoms with Crippen LogP contribution in [-0.2, 0) is 0 Å². The molecule has 0 aromatic carbocycles. The summed E-state index contributed by atoms with van der Waals surface area (Å²) in [7, 11) is 1.64. The monoisotopic (exact) mass is 287 g/mol. The van der Waals surface area contributed by atoms with Gasteiger partial charge in [-0.05, 0) is 24.8 Å². The predicted molar refractivity (Wildman–Crippen MR) is 71.3 cm³/mol. The fourth-order valence-electron chi connectivity index (χ4n) is 2.51. The van der Waals surface area contributed by atoms with Gasteiger partial charge in [-0.25, -0.2) is 13.5 Å². The molecule has 3 nitrogen and oxygen atoms in total. The second-order valence-corrected chi connectivity index (χ2v) is 5.11. The summed E-state index contributed by atoms with van der Waals surface area (Å²) < 4.78 is 27.9. The van der Waals surface area contributed by atoms with Crippen LogP contribution in [0.1, 0.15) is 37.2 Å². The van der Waals surface area contributed by atoms with E-state index in [1.165, 1.54) is 10.9 Å². The van der Waals surface area contributed by atoms with E-state index in [1.807, 2.05) is 0 Å². The van der Waals surface area contributed by atoms with Crippen LogP contribution in [0.4, 0.5) is 8.78 Å². The van der Waals surface area contributed by atoms with E-state index in [0.717, 1.165) is 5.56 Å². The molecule has 0 N–H and O–H groups in total. The summed E-state index contributed by atoms with van der Waals surface area (Å²) in [5, 5.41) is 4.39. The average Bonchev–Trinajstić information content (AvgIpc) is 2.37. The average molecular weight is 288 g/mol. The van der Waals surface area contributed by atoms with Crippen molar-refractivity contribution in [3.05, 3.63) is 28.8 Å². The molecule has 1 aliphatic rings. The topological polar surface area (TPSA) is 30.2 Å². The van der Waals surface area contributed by atoms with E-state index in [2.05, 4.69) is 16.7 Å². The summed E-state index contributed by atoms with van der Waals surface area (Å²) in [5.41, 5.74) is 1.51. The van der Waals surface area contributed by atoms with Crippen molar-refractivity contribution in [2.45, 2.75) is 37.5 Å². The highest BCUT2D eigenvalue weighted by Gasteiger charge is 2.36. The second-order valence-electron chi connectivity index (χ2n) is 4.73. The van der Waals surface area contributed by atoms with Gasteiger partial charge in [0.1, 0.15) is 5.15 Å². The van der Waals surface area contributed by atoms with Crippen molar-refractivity contribution in [1.82, 2.24) is 9.78 Å². The molecule has 0 saturated heterocycles. The fourth-order valence-corrected chi connectivity index (χ4v) is 2.71. The lowest BCUT2D eigenvalue weighted by Gasteiger charge is -2.28. The quantitative estimate of drug-likeness (QED) is 0.819. The zero-order chi connectivity index (χ0) is 14.0. The van der Waals surface area contributed by atoms with Gasteiger partial charge in [0.2, 0.25) is 5.92 Å². The predicted octanol–water partition coefficient (Wildman–Crippen LogP) is 3.46. The van der Waals surface area contributed by atoms with Crippen LogP contribution in [0.3, 0.4) is 0 Å². The molecule has 6 heteroatoms. The van der Waals surface area contributed by atoms with E-state index < -0.39 is 5.92 Å². The molecule has 0 spiro atoms. The molecule has 0 unspecified atom stereocenters. The van der Waals surface area contributed by atoms with Crippen molar-refractivity contribution in [2.24, 2.45) is 4.99 Å². The Hall–Kier alpha value is -1.23. The molecule has 1 saturated carbocycles. The molecular formula is C13H16ClF2N3. The minimum atomic E-state index is -2.54. The molecule has 0 bridgehead atoms. The van der Waals surface area contributed by atoms with Gasteiger partial charge in [-0.3, -0.25) is 4.99 Å². The van der Waals surface area contributed by atoms with Crippen molar-refractivity contribution in [1.29, 1.82) is 0 Å². The molecular weight excluding hydrogens is 272 g/mol. The third kappa shape index (κ3) is 3.03. The van der Waals surface area contributed by atoms with Crippen molar-refractivity contribution in [3.8, 4) is 0 Å². The van der Waals surface area contributed by atoms with Crippen LogP contribution in [0.25, 0.3) is 6.20 Å². The maximum atomic E-state index is 13.2. The number of rotatable bonds is 2. The summed E-state index contributed by atoms with van der Waals surface area (Å²) in [5.74, 6) is -2.49. The van der Waals surface area contributed by atoms with Gasteiger partial charge in [0.15, 0.2) is 5.49 Å². The first-order chi connectivity index (χ1) is 8.96. The highest BCUT2D eigenvalue weighted by molar-refractivity contribution is 6.29. The molecule has 1 aromatic heterocycles. The number of halogens is 3. The van der Waals surface area contributed by atoms with E-state index in [0.29, 0.717) is 23.5 Å². The maximum Gasteiger partial charge on any atom is 0.248 e. The maximum absolute atomic E-state index is 13.2. The summed E-state index contributed by atoms with van der Waals surface area (Å²) in [6.07, 6.45) is 2.21. The van der Waals surface area contributed by atoms with E-state index in [4.69, 9.17) is 11.6 Å². The van der Waals surface area contributed by atoms with Gasteiger partial charge < -0.3 is 0 Å². The highest BCUT2D eigenvalue weighted by Crippen LogP contribution is 2.40. The van der Waals surface area contributed by atoms with Gasteiger partial charge in [-0.2, -0.15) is 5.10 Å². The molecule has 0 atom stereocenters. The molecule has 1 fully saturated rings. The van der Waals surface area contributed by atoms with E-state index in [-0.39, 0.29) is 18.8 Å². The third-order valence-corrected chi connectivity index (χ3v) is 3.68. The molecule has 0 radical (unpaired) electrons. The Balaban J connectivity index is 2.40. The lowest BCUT2D eigenvalue weighted by Crippen LogP contribution is -2.30. The Kier molecular flexibility index (Phi) is 4.04. The molecule has 19 heavy (non-hydrogen) atoms. The Morgan fingerprint density at radius 2 is 2.16 bits per heavy atom. The molecule has 104 valence electrons. The zero-order valence-electron chi connectivity index (χ0n) is 10.7. The molecule has 1 aliphatic carbocycles. The second kappa shape index (κ2) is 5.41. The zero-order valence-corrected chi connectivity index (χ0v) is 11.5. The van der Waals surface area contributed by atoms with Crippen molar-refractivity contribution in [3.63, 3.8) is 0 Å². The van der Waals surface area contributed by atoms with Crippen LogP contribution in [0.15, 0.2) is 17.6 Å². The van der Waals surface area contributed by atoms with Gasteiger partial charge in [-0.15, -0.1) is 0 Å². The van der Waals surface area contributed by atoms with Crippen LogP contribution in [0.2, 0.25) is 5.15 Å². The highest BCUT2D eigenvalue weighted by atomic mass is 35.5. The fraction of sp³-hybridized carbons (Fsp3) is 0.538. The summed E-state index contributed by atoms with van der Waals surface area (Å²) >= 11 is 5.96. The lowest BCUT2D eigenvalue weighted by atomic mass is 9.83. The smallest absolute Gasteiger partial charge is 0.248 e. The Labute approximate surface area is 115 Å². The lowest BCUT2D eigenvalue weighted by molar-refractivity contribution is -0.0383. The number of alkyl halides is 2. The van der Waals surface area contributed by atoms with Gasteiger partial charge in [0, 0.05) is 31.7 Å². The normalized spacial score (nSPS) is 20.5. The SMILES string of the molecule is C=Cn1nc(Cl)cc(C2CCC(F)(F)CC2)c1=NC. The Morgan fingerprint density at radius 3 is 2.68 bits per heavy atom. The van der Waals surface area contributed by atoms with Crippen LogP contribution in [0, 0.1) is 0 Å². The van der Waals surface area contributed by atoms with Gasteiger partial charge in [0.05, 0.1) is 0 Å². The van der Waals surface area contributed by atoms with Crippen LogP contribution in [0.5, 0.6) is 0 Å². The largest absolute Gasteiger partial charge is 0.270 e. The van der Waals surface area contributed by atoms with E-state index >= 15 is 0 Å². The minimum absolute atomic E-state index is 0.0463. The summed E-state index contributed by atoms with van der Waals surface area (Å²) in [6, 6.07) is 1.72. The Bertz CT molecular complexity index is 541. The van der Waals surface area contributed by atoms with Crippen LogP contribution in [-0.4, -0.2) is 22.8 Å². The first kappa shape index (κ1) is 14.2. The number of aromatic nitrogens is 2. The number of hydrogen-bond acceptors (Lipinski definition) is 2. The first-order valence-electron chi connectivity index (χ1n) is 6.19. The first-order valence-corrected chi connectivity index (χ1v) is 6.57. The van der Waals surface area contributed by atoms with Crippen LogP contribution >= 0.6 is 11.6 Å². The number of nitrogens with zero attached hydrogens (tertiary/aromatic N) is 3. The van der Waals surface area contributed by atoms with Crippen molar-refractivity contribution < 1.29 is 8.78 Å². The standard InChI is InChI=1S/C13H16ClF2N3/c1-3-19-12(17-2)10(8-11(14)18-19)9-4-6-13(15,16)7-5-9/h3,8-9H,1,4-7H2,2H3. The third-order valence-electron chi connectivity index (χ3n) is 3.49. The molecule has 0 aliphatic heterocycles. The molecule has 0 amide bonds. The van der Waals surface area contributed by atoms with Crippen molar-refractivity contribution in [2.75, 3.05) is 7.05 Å². The minimum Gasteiger partial charge on any atom is -0.270 e.